The van der Waals surface area contributed by atoms with Crippen molar-refractivity contribution in [3.63, 3.8) is 0 Å². The number of benzene rings is 2. The summed E-state index contributed by atoms with van der Waals surface area (Å²) >= 11 is 0. The molecule has 1 heterocycles. The van der Waals surface area contributed by atoms with Gasteiger partial charge in [-0.3, -0.25) is 14.9 Å². The van der Waals surface area contributed by atoms with Gasteiger partial charge in [0.1, 0.15) is 0 Å². The number of carbonyl (C=O) groups excluding carboxylic acids is 1. The molecule has 0 atom stereocenters. The Bertz CT molecular complexity index is 1100. The van der Waals surface area contributed by atoms with Gasteiger partial charge in [-0.1, -0.05) is 6.07 Å². The van der Waals surface area contributed by atoms with Crippen molar-refractivity contribution >= 4 is 34.7 Å². The number of nitrogens with one attached hydrogen (secondary N) is 2. The minimum absolute atomic E-state index is 0.0139. The fourth-order valence-corrected chi connectivity index (χ4v) is 2.78. The van der Waals surface area contributed by atoms with Crippen LogP contribution in [0.25, 0.3) is 0 Å². The summed E-state index contributed by atoms with van der Waals surface area (Å²) in [6.07, 6.45) is 1.03. The Hall–Kier alpha value is -4.08. The van der Waals surface area contributed by atoms with Crippen LogP contribution in [-0.2, 0) is 0 Å². The topological polar surface area (TPSA) is 113 Å². The third-order valence-electron chi connectivity index (χ3n) is 4.46. The van der Waals surface area contributed by atoms with Gasteiger partial charge in [-0.05, 0) is 36.8 Å². The molecule has 0 aliphatic heterocycles. The zero-order valence-electron chi connectivity index (χ0n) is 16.5. The third-order valence-corrected chi connectivity index (χ3v) is 4.46. The lowest BCUT2D eigenvalue weighted by Gasteiger charge is -2.19. The first-order chi connectivity index (χ1) is 14.3. The summed E-state index contributed by atoms with van der Waals surface area (Å²) in [5.74, 6) is -0.766. The van der Waals surface area contributed by atoms with E-state index in [2.05, 4.69) is 20.6 Å². The summed E-state index contributed by atoms with van der Waals surface area (Å²) in [6.45, 7) is 1.82. The Morgan fingerprint density at radius 1 is 1.20 bits per heavy atom. The van der Waals surface area contributed by atoms with Crippen LogP contribution >= 0.6 is 0 Å². The minimum Gasteiger partial charge on any atom is -0.355 e. The molecule has 10 heteroatoms. The van der Waals surface area contributed by atoms with E-state index in [0.29, 0.717) is 16.9 Å². The van der Waals surface area contributed by atoms with Gasteiger partial charge in [0.05, 0.1) is 11.1 Å². The lowest BCUT2D eigenvalue weighted by atomic mass is 10.1. The number of halogens is 1. The summed E-state index contributed by atoms with van der Waals surface area (Å²) < 4.78 is 14.4. The van der Waals surface area contributed by atoms with Crippen molar-refractivity contribution in [2.24, 2.45) is 0 Å². The van der Waals surface area contributed by atoms with Crippen LogP contribution in [0.2, 0.25) is 0 Å². The number of amides is 1. The van der Waals surface area contributed by atoms with Crippen molar-refractivity contribution in [3.8, 4) is 0 Å². The molecular formula is C20H19FN6O3. The molecule has 0 fully saturated rings. The van der Waals surface area contributed by atoms with Crippen LogP contribution < -0.4 is 15.5 Å². The Morgan fingerprint density at radius 3 is 2.53 bits per heavy atom. The number of nitrogens with zero attached hydrogens (tertiary/aromatic N) is 4. The molecule has 0 saturated heterocycles. The van der Waals surface area contributed by atoms with Crippen molar-refractivity contribution in [3.05, 3.63) is 75.7 Å². The average Bonchev–Trinajstić information content (AvgIpc) is 2.75. The van der Waals surface area contributed by atoms with E-state index < -0.39 is 10.7 Å². The van der Waals surface area contributed by atoms with E-state index in [1.807, 2.05) is 6.92 Å². The van der Waals surface area contributed by atoms with Gasteiger partial charge in [0, 0.05) is 43.2 Å². The number of aromatic nitrogens is 2. The van der Waals surface area contributed by atoms with Crippen LogP contribution in [-0.4, -0.2) is 34.9 Å². The first-order valence-electron chi connectivity index (χ1n) is 8.90. The van der Waals surface area contributed by atoms with Crippen LogP contribution in [0.3, 0.4) is 0 Å². The highest BCUT2D eigenvalue weighted by atomic mass is 19.1. The summed E-state index contributed by atoms with van der Waals surface area (Å²) in [7, 11) is 3.14. The van der Waals surface area contributed by atoms with Crippen molar-refractivity contribution in [1.82, 2.24) is 15.3 Å². The number of carbonyl (C=O) groups is 1. The minimum atomic E-state index is -0.656. The first kappa shape index (κ1) is 20.6. The Balaban J connectivity index is 1.88. The van der Waals surface area contributed by atoms with Gasteiger partial charge in [0.2, 0.25) is 5.95 Å². The molecule has 3 rings (SSSR count). The second-order valence-corrected chi connectivity index (χ2v) is 6.43. The number of hydrogen-bond donors (Lipinski definition) is 2. The Kier molecular flexibility index (Phi) is 5.86. The van der Waals surface area contributed by atoms with Gasteiger partial charge in [0.15, 0.2) is 11.6 Å². The second-order valence-electron chi connectivity index (χ2n) is 6.43. The molecule has 30 heavy (non-hydrogen) atoms. The molecule has 0 aliphatic carbocycles. The van der Waals surface area contributed by atoms with Crippen LogP contribution in [0.15, 0.2) is 48.7 Å². The molecule has 1 amide bonds. The number of rotatable bonds is 6. The zero-order valence-corrected chi connectivity index (χ0v) is 16.5. The number of aryl methyl sites for hydroxylation is 1. The monoisotopic (exact) mass is 410 g/mol. The van der Waals surface area contributed by atoms with E-state index in [-0.39, 0.29) is 23.4 Å². The van der Waals surface area contributed by atoms with E-state index in [1.54, 1.807) is 32.3 Å². The molecule has 0 bridgehead atoms. The molecule has 2 aromatic carbocycles. The Morgan fingerprint density at radius 2 is 1.90 bits per heavy atom. The molecule has 0 saturated carbocycles. The lowest BCUT2D eigenvalue weighted by molar-refractivity contribution is -0.384. The van der Waals surface area contributed by atoms with E-state index >= 15 is 0 Å². The number of nitro benzene ring substituents is 1. The average molecular weight is 410 g/mol. The first-order valence-corrected chi connectivity index (χ1v) is 8.90. The molecule has 154 valence electrons. The van der Waals surface area contributed by atoms with Gasteiger partial charge in [0.25, 0.3) is 11.6 Å². The third kappa shape index (κ3) is 4.32. The number of non-ortho nitro benzene ring substituents is 1. The van der Waals surface area contributed by atoms with Crippen LogP contribution in [0.4, 0.5) is 33.2 Å². The normalized spacial score (nSPS) is 10.4. The van der Waals surface area contributed by atoms with Gasteiger partial charge in [-0.15, -0.1) is 0 Å². The fourth-order valence-electron chi connectivity index (χ4n) is 2.78. The SMILES string of the molecule is CNC(=O)c1cc(Nc2ncc(F)c(N(C)c3ccc([N+](=O)[O-])cc3)n2)ccc1C. The number of nitro groups is 1. The largest absolute Gasteiger partial charge is 0.355 e. The predicted molar refractivity (Wildman–Crippen MR) is 111 cm³/mol. The van der Waals surface area contributed by atoms with Gasteiger partial charge in [-0.25, -0.2) is 9.37 Å². The van der Waals surface area contributed by atoms with E-state index in [4.69, 9.17) is 0 Å². The molecule has 2 N–H and O–H groups in total. The fraction of sp³-hybridized carbons (Fsp3) is 0.150. The molecule has 3 aromatic rings. The second kappa shape index (κ2) is 8.52. The maximum atomic E-state index is 14.4. The highest BCUT2D eigenvalue weighted by Gasteiger charge is 2.15. The van der Waals surface area contributed by atoms with Crippen molar-refractivity contribution in [2.45, 2.75) is 6.92 Å². The smallest absolute Gasteiger partial charge is 0.269 e. The predicted octanol–water partition coefficient (Wildman–Crippen LogP) is 3.70. The van der Waals surface area contributed by atoms with Crippen molar-refractivity contribution in [1.29, 1.82) is 0 Å². The molecule has 0 unspecified atom stereocenters. The summed E-state index contributed by atoms with van der Waals surface area (Å²) in [5.41, 5.74) is 2.31. The van der Waals surface area contributed by atoms with Gasteiger partial charge < -0.3 is 15.5 Å². The van der Waals surface area contributed by atoms with E-state index in [1.165, 1.54) is 29.2 Å². The van der Waals surface area contributed by atoms with E-state index in [0.717, 1.165) is 11.8 Å². The Labute approximate surface area is 171 Å². The summed E-state index contributed by atoms with van der Waals surface area (Å²) in [5, 5.41) is 16.3. The zero-order chi connectivity index (χ0) is 21.8. The maximum Gasteiger partial charge on any atom is 0.269 e. The summed E-state index contributed by atoms with van der Waals surface area (Å²) in [4.78, 5) is 31.9. The highest BCUT2D eigenvalue weighted by Crippen LogP contribution is 2.27. The van der Waals surface area contributed by atoms with Gasteiger partial charge >= 0.3 is 0 Å². The van der Waals surface area contributed by atoms with Gasteiger partial charge in [-0.2, -0.15) is 4.98 Å². The van der Waals surface area contributed by atoms with Crippen LogP contribution in [0.1, 0.15) is 15.9 Å². The maximum absolute atomic E-state index is 14.4. The summed E-state index contributed by atoms with van der Waals surface area (Å²) in [6, 6.07) is 10.9. The molecular weight excluding hydrogens is 391 g/mol. The molecule has 0 radical (unpaired) electrons. The number of hydrogen-bond acceptors (Lipinski definition) is 7. The van der Waals surface area contributed by atoms with Crippen molar-refractivity contribution < 1.29 is 14.1 Å². The molecule has 0 aliphatic rings. The quantitative estimate of drug-likeness (QED) is 0.470. The lowest BCUT2D eigenvalue weighted by Crippen LogP contribution is -2.19. The molecule has 1 aromatic heterocycles. The van der Waals surface area contributed by atoms with Crippen LogP contribution in [0, 0.1) is 22.9 Å². The molecule has 9 nitrogen and oxygen atoms in total. The van der Waals surface area contributed by atoms with E-state index in [9.17, 15) is 19.3 Å². The number of anilines is 4. The highest BCUT2D eigenvalue weighted by molar-refractivity contribution is 5.96. The van der Waals surface area contributed by atoms with Crippen molar-refractivity contribution in [2.75, 3.05) is 24.3 Å². The van der Waals surface area contributed by atoms with Crippen LogP contribution in [0.5, 0.6) is 0 Å². The standard InChI is InChI=1S/C20H19FN6O3/c1-12-4-5-13(10-16(12)19(28)22-2)24-20-23-11-17(21)18(25-20)26(3)14-6-8-15(9-7-14)27(29)30/h4-11H,1-3H3,(H,22,28)(H,23,24,25). The molecule has 0 spiro atoms.